The van der Waals surface area contributed by atoms with Crippen molar-refractivity contribution >= 4 is 0 Å². The van der Waals surface area contributed by atoms with Crippen LogP contribution in [0.2, 0.25) is 0 Å². The topological polar surface area (TPSA) is 32.3 Å². The second kappa shape index (κ2) is 5.46. The number of aliphatic hydroxyl groups is 1. The largest absolute Gasteiger partial charge is 0.416 e. The predicted molar refractivity (Wildman–Crippen MR) is 54.8 cm³/mol. The maximum absolute atomic E-state index is 13.0. The Kier molecular flexibility index (Phi) is 4.47. The van der Waals surface area contributed by atoms with Crippen LogP contribution in [0.15, 0.2) is 18.2 Å². The van der Waals surface area contributed by atoms with Crippen molar-refractivity contribution in [2.45, 2.75) is 25.7 Å². The molecule has 0 aliphatic heterocycles. The van der Waals surface area contributed by atoms with E-state index in [1.54, 1.807) is 6.92 Å². The lowest BCUT2D eigenvalue weighted by molar-refractivity contribution is -0.137. The second-order valence-corrected chi connectivity index (χ2v) is 3.81. The summed E-state index contributed by atoms with van der Waals surface area (Å²) in [7, 11) is 0. The molecule has 1 aromatic rings. The number of aliphatic hydroxyl groups excluding tert-OH is 1. The number of alkyl halides is 3. The van der Waals surface area contributed by atoms with Crippen molar-refractivity contribution in [2.75, 3.05) is 6.61 Å². The Labute approximate surface area is 96.3 Å². The molecule has 2 nitrogen and oxygen atoms in total. The van der Waals surface area contributed by atoms with Crippen LogP contribution in [-0.4, -0.2) is 17.8 Å². The Morgan fingerprint density at radius 2 is 1.94 bits per heavy atom. The highest BCUT2D eigenvalue weighted by molar-refractivity contribution is 5.26. The highest BCUT2D eigenvalue weighted by Gasteiger charge is 2.31. The molecule has 0 heterocycles. The monoisotopic (exact) mass is 251 g/mol. The summed E-state index contributed by atoms with van der Waals surface area (Å²) in [6, 6.07) is 2.12. The third-order valence-corrected chi connectivity index (χ3v) is 2.21. The van der Waals surface area contributed by atoms with Gasteiger partial charge in [-0.1, -0.05) is 0 Å². The molecule has 6 heteroatoms. The van der Waals surface area contributed by atoms with Crippen molar-refractivity contribution < 1.29 is 22.7 Å². The standard InChI is InChI=1S/C11H13F4NO/c1-7(6-17)16-5-8-2-9(11(13,14)15)4-10(12)3-8/h2-4,7,16-17H,5-6H2,1H3. The van der Waals surface area contributed by atoms with E-state index in [1.807, 2.05) is 0 Å². The van der Waals surface area contributed by atoms with Crippen LogP contribution in [0.25, 0.3) is 0 Å². The van der Waals surface area contributed by atoms with Crippen LogP contribution in [0, 0.1) is 5.82 Å². The van der Waals surface area contributed by atoms with Crippen molar-refractivity contribution in [2.24, 2.45) is 0 Å². The van der Waals surface area contributed by atoms with Gasteiger partial charge in [0.25, 0.3) is 0 Å². The Morgan fingerprint density at radius 1 is 1.29 bits per heavy atom. The van der Waals surface area contributed by atoms with Crippen LogP contribution in [0.5, 0.6) is 0 Å². The molecular formula is C11H13F4NO. The quantitative estimate of drug-likeness (QED) is 0.805. The minimum Gasteiger partial charge on any atom is -0.395 e. The molecule has 0 spiro atoms. The van der Waals surface area contributed by atoms with E-state index >= 15 is 0 Å². The lowest BCUT2D eigenvalue weighted by atomic mass is 10.1. The van der Waals surface area contributed by atoms with Gasteiger partial charge in [-0.15, -0.1) is 0 Å². The van der Waals surface area contributed by atoms with Gasteiger partial charge in [0.05, 0.1) is 12.2 Å². The summed E-state index contributed by atoms with van der Waals surface area (Å²) in [6.45, 7) is 1.61. The molecule has 1 unspecified atom stereocenters. The predicted octanol–water partition coefficient (Wildman–Crippen LogP) is 2.31. The summed E-state index contributed by atoms with van der Waals surface area (Å²) in [5.74, 6) is -0.923. The van der Waals surface area contributed by atoms with Gasteiger partial charge in [0.15, 0.2) is 0 Å². The minimum atomic E-state index is -4.56. The Bertz CT molecular complexity index is 378. The number of halogens is 4. The number of hydrogen-bond acceptors (Lipinski definition) is 2. The van der Waals surface area contributed by atoms with Crippen molar-refractivity contribution in [1.82, 2.24) is 5.32 Å². The third-order valence-electron chi connectivity index (χ3n) is 2.21. The number of benzene rings is 1. The molecule has 0 amide bonds. The molecule has 17 heavy (non-hydrogen) atoms. The molecule has 1 atom stereocenters. The molecule has 0 aliphatic carbocycles. The minimum absolute atomic E-state index is 0.0720. The summed E-state index contributed by atoms with van der Waals surface area (Å²) in [5.41, 5.74) is -0.816. The molecule has 0 bridgehead atoms. The first-order valence-electron chi connectivity index (χ1n) is 5.04. The summed E-state index contributed by atoms with van der Waals surface area (Å²) in [4.78, 5) is 0. The van der Waals surface area contributed by atoms with E-state index in [0.29, 0.717) is 6.07 Å². The van der Waals surface area contributed by atoms with Gasteiger partial charge in [-0.05, 0) is 30.7 Å². The molecule has 1 rings (SSSR count). The molecule has 0 aliphatic rings. The Hall–Kier alpha value is -1.14. The van der Waals surface area contributed by atoms with Crippen LogP contribution in [-0.2, 0) is 12.7 Å². The van der Waals surface area contributed by atoms with Crippen molar-refractivity contribution in [3.05, 3.63) is 35.1 Å². The Morgan fingerprint density at radius 3 is 2.47 bits per heavy atom. The van der Waals surface area contributed by atoms with Gasteiger partial charge in [0.2, 0.25) is 0 Å². The van der Waals surface area contributed by atoms with Gasteiger partial charge < -0.3 is 10.4 Å². The average Bonchev–Trinajstić information content (AvgIpc) is 2.24. The molecule has 0 saturated carbocycles. The molecular weight excluding hydrogens is 238 g/mol. The molecule has 1 aromatic carbocycles. The number of hydrogen-bond donors (Lipinski definition) is 2. The van der Waals surface area contributed by atoms with Crippen LogP contribution < -0.4 is 5.32 Å². The zero-order valence-electron chi connectivity index (χ0n) is 9.18. The van der Waals surface area contributed by atoms with Crippen molar-refractivity contribution in [3.63, 3.8) is 0 Å². The molecule has 0 aromatic heterocycles. The van der Waals surface area contributed by atoms with E-state index in [0.717, 1.165) is 12.1 Å². The molecule has 2 N–H and O–H groups in total. The van der Waals surface area contributed by atoms with E-state index < -0.39 is 17.6 Å². The van der Waals surface area contributed by atoms with Gasteiger partial charge in [-0.3, -0.25) is 0 Å². The fourth-order valence-electron chi connectivity index (χ4n) is 1.27. The van der Waals surface area contributed by atoms with Gasteiger partial charge in [0.1, 0.15) is 5.82 Å². The maximum Gasteiger partial charge on any atom is 0.416 e. The van der Waals surface area contributed by atoms with Crippen molar-refractivity contribution in [1.29, 1.82) is 0 Å². The van der Waals surface area contributed by atoms with Crippen LogP contribution >= 0.6 is 0 Å². The van der Waals surface area contributed by atoms with Gasteiger partial charge in [-0.25, -0.2) is 4.39 Å². The fraction of sp³-hybridized carbons (Fsp3) is 0.455. The van der Waals surface area contributed by atoms with Crippen molar-refractivity contribution in [3.8, 4) is 0 Å². The summed E-state index contributed by atoms with van der Waals surface area (Å²) < 4.78 is 50.1. The highest BCUT2D eigenvalue weighted by atomic mass is 19.4. The first kappa shape index (κ1) is 13.9. The van der Waals surface area contributed by atoms with Gasteiger partial charge >= 0.3 is 6.18 Å². The van der Waals surface area contributed by atoms with E-state index in [4.69, 9.17) is 5.11 Å². The fourth-order valence-corrected chi connectivity index (χ4v) is 1.27. The molecule has 0 saturated heterocycles. The Balaban J connectivity index is 2.83. The summed E-state index contributed by atoms with van der Waals surface area (Å²) in [5, 5.41) is 11.5. The number of nitrogens with one attached hydrogen (secondary N) is 1. The first-order valence-corrected chi connectivity index (χ1v) is 5.04. The average molecular weight is 251 g/mol. The zero-order chi connectivity index (χ0) is 13.1. The summed E-state index contributed by atoms with van der Waals surface area (Å²) in [6.07, 6.45) is -4.56. The normalized spacial score (nSPS) is 13.8. The van der Waals surface area contributed by atoms with E-state index in [2.05, 4.69) is 5.32 Å². The smallest absolute Gasteiger partial charge is 0.395 e. The lowest BCUT2D eigenvalue weighted by Crippen LogP contribution is -2.28. The first-order chi connectivity index (χ1) is 7.82. The van der Waals surface area contributed by atoms with Crippen LogP contribution in [0.3, 0.4) is 0 Å². The zero-order valence-corrected chi connectivity index (χ0v) is 9.18. The highest BCUT2D eigenvalue weighted by Crippen LogP contribution is 2.30. The van der Waals surface area contributed by atoms with E-state index in [1.165, 1.54) is 0 Å². The third kappa shape index (κ3) is 4.32. The number of rotatable bonds is 4. The maximum atomic E-state index is 13.0. The van der Waals surface area contributed by atoms with E-state index in [-0.39, 0.29) is 24.8 Å². The van der Waals surface area contributed by atoms with Gasteiger partial charge in [0, 0.05) is 12.6 Å². The second-order valence-electron chi connectivity index (χ2n) is 3.81. The SMILES string of the molecule is CC(CO)NCc1cc(F)cc(C(F)(F)F)c1. The van der Waals surface area contributed by atoms with Crippen LogP contribution in [0.1, 0.15) is 18.1 Å². The molecule has 0 radical (unpaired) electrons. The van der Waals surface area contributed by atoms with Crippen LogP contribution in [0.4, 0.5) is 17.6 Å². The molecule has 96 valence electrons. The molecule has 0 fully saturated rings. The van der Waals surface area contributed by atoms with E-state index in [9.17, 15) is 17.6 Å². The summed E-state index contributed by atoms with van der Waals surface area (Å²) >= 11 is 0. The lowest BCUT2D eigenvalue weighted by Gasteiger charge is -2.13. The van der Waals surface area contributed by atoms with Gasteiger partial charge in [-0.2, -0.15) is 13.2 Å².